The molecular formula is C14H23BrN2O3S. The summed E-state index contributed by atoms with van der Waals surface area (Å²) in [5.41, 5.74) is 6.14. The summed E-state index contributed by atoms with van der Waals surface area (Å²) in [4.78, 5) is 0.147. The summed E-state index contributed by atoms with van der Waals surface area (Å²) in [6.07, 6.45) is 1.49. The second-order valence-electron chi connectivity index (χ2n) is 4.76. The molecule has 0 heterocycles. The van der Waals surface area contributed by atoms with E-state index in [1.165, 1.54) is 10.4 Å². The number of hydrogen-bond donors (Lipinski definition) is 1. The maximum absolute atomic E-state index is 12.9. The van der Waals surface area contributed by atoms with Crippen molar-refractivity contribution in [3.63, 3.8) is 0 Å². The minimum Gasteiger partial charge on any atom is -0.398 e. The largest absolute Gasteiger partial charge is 0.398 e. The van der Waals surface area contributed by atoms with Gasteiger partial charge in [-0.25, -0.2) is 8.42 Å². The van der Waals surface area contributed by atoms with Crippen molar-refractivity contribution in [2.75, 3.05) is 26.0 Å². The fraction of sp³-hybridized carbons (Fsp3) is 0.571. The van der Waals surface area contributed by atoms with E-state index in [4.69, 9.17) is 10.5 Å². The number of rotatable bonds is 8. The van der Waals surface area contributed by atoms with Crippen molar-refractivity contribution >= 4 is 31.6 Å². The van der Waals surface area contributed by atoms with E-state index < -0.39 is 10.0 Å². The molecule has 120 valence electrons. The van der Waals surface area contributed by atoms with E-state index in [2.05, 4.69) is 15.9 Å². The monoisotopic (exact) mass is 378 g/mol. The third-order valence-corrected chi connectivity index (χ3v) is 5.94. The van der Waals surface area contributed by atoms with Gasteiger partial charge in [0.05, 0.1) is 12.3 Å². The molecule has 0 amide bonds. The van der Waals surface area contributed by atoms with Crippen LogP contribution >= 0.6 is 15.9 Å². The summed E-state index contributed by atoms with van der Waals surface area (Å²) < 4.78 is 33.1. The van der Waals surface area contributed by atoms with E-state index >= 15 is 0 Å². The molecule has 0 saturated heterocycles. The van der Waals surface area contributed by atoms with E-state index in [0.717, 1.165) is 17.3 Å². The summed E-state index contributed by atoms with van der Waals surface area (Å²) in [7, 11) is -2.08. The molecule has 1 rings (SSSR count). The van der Waals surface area contributed by atoms with Gasteiger partial charge in [-0.15, -0.1) is 0 Å². The van der Waals surface area contributed by atoms with Gasteiger partial charge in [0.25, 0.3) is 0 Å². The van der Waals surface area contributed by atoms with Crippen LogP contribution in [0.15, 0.2) is 27.6 Å². The zero-order valence-electron chi connectivity index (χ0n) is 12.7. The van der Waals surface area contributed by atoms with Crippen molar-refractivity contribution in [3.8, 4) is 0 Å². The Morgan fingerprint density at radius 1 is 1.33 bits per heavy atom. The molecule has 7 heteroatoms. The smallest absolute Gasteiger partial charge is 0.245 e. The van der Waals surface area contributed by atoms with Gasteiger partial charge in [0.1, 0.15) is 4.90 Å². The van der Waals surface area contributed by atoms with E-state index in [0.29, 0.717) is 13.2 Å². The number of nitrogens with zero attached hydrogens (tertiary/aromatic N) is 1. The number of methoxy groups -OCH3 is 1. The van der Waals surface area contributed by atoms with E-state index in [1.54, 1.807) is 19.2 Å². The Hall–Kier alpha value is -0.630. The lowest BCUT2D eigenvalue weighted by Gasteiger charge is -2.29. The molecule has 1 aromatic rings. The standard InChI is InChI=1S/C14H23BrN2O3S/c1-4-12(5-2)17(8-9-20-3)21(18,19)14-7-6-11(15)10-13(14)16/h6-7,10,12H,4-5,8-9,16H2,1-3H3. The lowest BCUT2D eigenvalue weighted by molar-refractivity contribution is 0.163. The minimum atomic E-state index is -3.64. The number of nitrogens with two attached hydrogens (primary N) is 1. The maximum atomic E-state index is 12.9. The van der Waals surface area contributed by atoms with Crippen molar-refractivity contribution in [1.29, 1.82) is 0 Å². The quantitative estimate of drug-likeness (QED) is 0.705. The van der Waals surface area contributed by atoms with Gasteiger partial charge >= 0.3 is 0 Å². The highest BCUT2D eigenvalue weighted by Crippen LogP contribution is 2.28. The first-order valence-corrected chi connectivity index (χ1v) is 9.17. The molecule has 0 aromatic heterocycles. The third-order valence-electron chi connectivity index (χ3n) is 3.42. The summed E-state index contributed by atoms with van der Waals surface area (Å²) in [5.74, 6) is 0. The Morgan fingerprint density at radius 2 is 1.95 bits per heavy atom. The van der Waals surface area contributed by atoms with Gasteiger partial charge in [0.2, 0.25) is 10.0 Å². The van der Waals surface area contributed by atoms with Crippen LogP contribution in [0, 0.1) is 0 Å². The third kappa shape index (κ3) is 4.42. The maximum Gasteiger partial charge on any atom is 0.245 e. The molecule has 5 nitrogen and oxygen atoms in total. The summed E-state index contributed by atoms with van der Waals surface area (Å²) in [5, 5.41) is 0. The molecule has 0 aliphatic heterocycles. The summed E-state index contributed by atoms with van der Waals surface area (Å²) >= 11 is 3.29. The predicted molar refractivity (Wildman–Crippen MR) is 88.7 cm³/mol. The second-order valence-corrected chi connectivity index (χ2v) is 7.54. The zero-order valence-corrected chi connectivity index (χ0v) is 15.1. The first-order valence-electron chi connectivity index (χ1n) is 6.94. The Bertz CT molecular complexity index is 559. The minimum absolute atomic E-state index is 0.0619. The molecule has 0 atom stereocenters. The van der Waals surface area contributed by atoms with Gasteiger partial charge in [0, 0.05) is 24.2 Å². The van der Waals surface area contributed by atoms with Crippen LogP contribution in [0.1, 0.15) is 26.7 Å². The molecule has 2 N–H and O–H groups in total. The molecule has 1 aromatic carbocycles. The van der Waals surface area contributed by atoms with Crippen molar-refractivity contribution in [3.05, 3.63) is 22.7 Å². The zero-order chi connectivity index (χ0) is 16.0. The van der Waals surface area contributed by atoms with Gasteiger partial charge in [-0.2, -0.15) is 4.31 Å². The summed E-state index contributed by atoms with van der Waals surface area (Å²) in [6, 6.07) is 4.77. The molecule has 0 bridgehead atoms. The number of hydrogen-bond acceptors (Lipinski definition) is 4. The fourth-order valence-electron chi connectivity index (χ4n) is 2.26. The van der Waals surface area contributed by atoms with Gasteiger partial charge < -0.3 is 10.5 Å². The highest BCUT2D eigenvalue weighted by molar-refractivity contribution is 9.10. The van der Waals surface area contributed by atoms with E-state index in [9.17, 15) is 8.42 Å². The van der Waals surface area contributed by atoms with Crippen molar-refractivity contribution in [2.24, 2.45) is 0 Å². The molecule has 0 unspecified atom stereocenters. The topological polar surface area (TPSA) is 72.6 Å². The van der Waals surface area contributed by atoms with Crippen molar-refractivity contribution in [2.45, 2.75) is 37.6 Å². The number of halogens is 1. The molecule has 0 saturated carbocycles. The fourth-order valence-corrected chi connectivity index (χ4v) is 4.49. The number of sulfonamides is 1. The van der Waals surface area contributed by atoms with Crippen LogP contribution in [-0.4, -0.2) is 39.0 Å². The Morgan fingerprint density at radius 3 is 2.43 bits per heavy atom. The van der Waals surface area contributed by atoms with Crippen LogP contribution in [0.3, 0.4) is 0 Å². The Kier molecular flexibility index (Phi) is 7.12. The Labute approximate surface area is 135 Å². The molecular weight excluding hydrogens is 356 g/mol. The SMILES string of the molecule is CCC(CC)N(CCOC)S(=O)(=O)c1ccc(Br)cc1N. The predicted octanol–water partition coefficient (Wildman–Crippen LogP) is 2.86. The molecule has 0 spiro atoms. The van der Waals surface area contributed by atoms with E-state index in [1.807, 2.05) is 13.8 Å². The van der Waals surface area contributed by atoms with Crippen LogP contribution in [0.5, 0.6) is 0 Å². The molecule has 0 aliphatic rings. The first kappa shape index (κ1) is 18.4. The lowest BCUT2D eigenvalue weighted by atomic mass is 10.2. The highest BCUT2D eigenvalue weighted by Gasteiger charge is 2.30. The normalized spacial score (nSPS) is 12.3. The van der Waals surface area contributed by atoms with E-state index in [-0.39, 0.29) is 16.6 Å². The first-order chi connectivity index (χ1) is 9.88. The van der Waals surface area contributed by atoms with Crippen LogP contribution in [0.4, 0.5) is 5.69 Å². The van der Waals surface area contributed by atoms with Crippen molar-refractivity contribution < 1.29 is 13.2 Å². The van der Waals surface area contributed by atoms with Gasteiger partial charge in [-0.1, -0.05) is 29.8 Å². The number of benzene rings is 1. The van der Waals surface area contributed by atoms with Gasteiger partial charge in [-0.3, -0.25) is 0 Å². The molecule has 0 aliphatic carbocycles. The number of anilines is 1. The number of ether oxygens (including phenoxy) is 1. The van der Waals surface area contributed by atoms with Crippen molar-refractivity contribution in [1.82, 2.24) is 4.31 Å². The highest BCUT2D eigenvalue weighted by atomic mass is 79.9. The van der Waals surface area contributed by atoms with Crippen LogP contribution < -0.4 is 5.73 Å². The second kappa shape index (κ2) is 8.12. The number of nitrogen functional groups attached to an aromatic ring is 1. The van der Waals surface area contributed by atoms with Crippen LogP contribution in [-0.2, 0) is 14.8 Å². The molecule has 0 radical (unpaired) electrons. The average Bonchev–Trinajstić information content (AvgIpc) is 2.42. The lowest BCUT2D eigenvalue weighted by Crippen LogP contribution is -2.41. The van der Waals surface area contributed by atoms with Crippen LogP contribution in [0.25, 0.3) is 0 Å². The van der Waals surface area contributed by atoms with Gasteiger partial charge in [-0.05, 0) is 31.0 Å². The van der Waals surface area contributed by atoms with Crippen LogP contribution in [0.2, 0.25) is 0 Å². The van der Waals surface area contributed by atoms with Gasteiger partial charge in [0.15, 0.2) is 0 Å². The Balaban J connectivity index is 3.25. The summed E-state index contributed by atoms with van der Waals surface area (Å²) in [6.45, 7) is 4.63. The average molecular weight is 379 g/mol. The molecule has 0 fully saturated rings. The molecule has 21 heavy (non-hydrogen) atoms.